The van der Waals surface area contributed by atoms with Crippen LogP contribution in [0.15, 0.2) is 30.5 Å². The van der Waals surface area contributed by atoms with E-state index in [1.165, 1.54) is 42.4 Å². The first kappa shape index (κ1) is 17.1. The molecule has 0 amide bonds. The number of nitrogens with zero attached hydrogens (tertiary/aromatic N) is 3. The summed E-state index contributed by atoms with van der Waals surface area (Å²) < 4.78 is 2.31. The van der Waals surface area contributed by atoms with Gasteiger partial charge in [0.1, 0.15) is 0 Å². The van der Waals surface area contributed by atoms with Gasteiger partial charge in [0.25, 0.3) is 0 Å². The zero-order valence-corrected chi connectivity index (χ0v) is 15.5. The maximum atomic E-state index is 11.0. The largest absolute Gasteiger partial charge is 0.388 e. The van der Waals surface area contributed by atoms with Gasteiger partial charge in [0.05, 0.1) is 5.60 Å². The highest BCUT2D eigenvalue weighted by Crippen LogP contribution is 2.28. The normalized spacial score (nSPS) is 22.0. The highest BCUT2D eigenvalue weighted by Gasteiger charge is 2.34. The van der Waals surface area contributed by atoms with Crippen molar-refractivity contribution in [3.05, 3.63) is 36.0 Å². The second kappa shape index (κ2) is 7.10. The third-order valence-electron chi connectivity index (χ3n) is 6.14. The van der Waals surface area contributed by atoms with Crippen molar-refractivity contribution < 1.29 is 5.11 Å². The average molecular weight is 341 g/mol. The van der Waals surface area contributed by atoms with E-state index in [4.69, 9.17) is 0 Å². The molecule has 0 radical (unpaired) electrons. The number of likely N-dealkylation sites (tertiary alicyclic amines) is 2. The number of benzene rings is 1. The number of aliphatic hydroxyl groups is 1. The molecule has 2 aliphatic heterocycles. The molecular formula is C21H31N3O. The summed E-state index contributed by atoms with van der Waals surface area (Å²) in [6.45, 7) is 9.40. The topological polar surface area (TPSA) is 31.6 Å². The lowest BCUT2D eigenvalue weighted by molar-refractivity contribution is -0.0429. The fourth-order valence-corrected chi connectivity index (χ4v) is 4.58. The van der Waals surface area contributed by atoms with Gasteiger partial charge in [-0.1, -0.05) is 12.1 Å². The van der Waals surface area contributed by atoms with E-state index in [1.54, 1.807) is 0 Å². The van der Waals surface area contributed by atoms with Crippen LogP contribution in [0, 0.1) is 0 Å². The average Bonchev–Trinajstić information content (AvgIpc) is 3.26. The molecule has 1 aromatic carbocycles. The first-order chi connectivity index (χ1) is 12.2. The summed E-state index contributed by atoms with van der Waals surface area (Å²) in [5.41, 5.74) is 2.27. The summed E-state index contributed by atoms with van der Waals surface area (Å²) in [5.74, 6) is 0. The molecule has 0 atom stereocenters. The van der Waals surface area contributed by atoms with Crippen LogP contribution in [0.2, 0.25) is 0 Å². The van der Waals surface area contributed by atoms with Crippen molar-refractivity contribution in [3.8, 4) is 0 Å². The lowest BCUT2D eigenvalue weighted by Gasteiger charge is -2.40. The minimum absolute atomic E-state index is 0.474. The molecule has 1 aromatic heterocycles. The van der Waals surface area contributed by atoms with Crippen molar-refractivity contribution in [1.29, 1.82) is 0 Å². The minimum atomic E-state index is -0.474. The summed E-state index contributed by atoms with van der Waals surface area (Å²) in [7, 11) is 0. The van der Waals surface area contributed by atoms with Gasteiger partial charge in [-0.15, -0.1) is 0 Å². The van der Waals surface area contributed by atoms with Crippen LogP contribution in [0.25, 0.3) is 10.9 Å². The van der Waals surface area contributed by atoms with E-state index < -0.39 is 5.60 Å². The van der Waals surface area contributed by atoms with Crippen LogP contribution >= 0.6 is 0 Å². The van der Waals surface area contributed by atoms with E-state index in [0.29, 0.717) is 0 Å². The molecule has 0 spiro atoms. The fourth-order valence-electron chi connectivity index (χ4n) is 4.58. The van der Waals surface area contributed by atoms with Gasteiger partial charge in [-0.3, -0.25) is 4.90 Å². The van der Waals surface area contributed by atoms with Gasteiger partial charge < -0.3 is 14.6 Å². The molecular weight excluding hydrogens is 310 g/mol. The van der Waals surface area contributed by atoms with E-state index >= 15 is 0 Å². The number of β-amino-alcohol motifs (C(OH)–C–C–N with tert-alkyl or cyclic N) is 1. The van der Waals surface area contributed by atoms with Crippen LogP contribution in [0.4, 0.5) is 0 Å². The first-order valence-electron chi connectivity index (χ1n) is 9.91. The maximum Gasteiger partial charge on any atom is 0.0798 e. The van der Waals surface area contributed by atoms with Gasteiger partial charge in [0.2, 0.25) is 0 Å². The molecule has 2 saturated heterocycles. The molecule has 0 bridgehead atoms. The van der Waals surface area contributed by atoms with Crippen LogP contribution in [-0.2, 0) is 13.1 Å². The van der Waals surface area contributed by atoms with Crippen molar-refractivity contribution in [2.24, 2.45) is 0 Å². The van der Waals surface area contributed by atoms with Gasteiger partial charge in [-0.05, 0) is 63.4 Å². The standard InChI is InChI=1S/C21H31N3O/c1-2-24-13-8-19-18(6-5-7-20(19)24)16-22-14-9-21(25,10-15-22)17-23-11-3-4-12-23/h5-8,13,25H,2-4,9-12,14-17H2,1H3. The molecule has 3 heterocycles. The fraction of sp³-hybridized carbons (Fsp3) is 0.619. The lowest BCUT2D eigenvalue weighted by Crippen LogP contribution is -2.50. The number of hydrogen-bond acceptors (Lipinski definition) is 3. The van der Waals surface area contributed by atoms with Crippen LogP contribution < -0.4 is 0 Å². The molecule has 2 aliphatic rings. The number of aromatic nitrogens is 1. The maximum absolute atomic E-state index is 11.0. The molecule has 2 aromatic rings. The summed E-state index contributed by atoms with van der Waals surface area (Å²) in [5, 5.41) is 12.3. The Morgan fingerprint density at radius 1 is 1.00 bits per heavy atom. The highest BCUT2D eigenvalue weighted by atomic mass is 16.3. The minimum Gasteiger partial charge on any atom is -0.388 e. The number of rotatable bonds is 5. The molecule has 1 N–H and O–H groups in total. The van der Waals surface area contributed by atoms with Crippen LogP contribution in [-0.4, -0.2) is 57.8 Å². The Hall–Kier alpha value is -1.36. The molecule has 0 aliphatic carbocycles. The van der Waals surface area contributed by atoms with E-state index in [2.05, 4.69) is 51.8 Å². The molecule has 4 rings (SSSR count). The Morgan fingerprint density at radius 2 is 1.76 bits per heavy atom. The van der Waals surface area contributed by atoms with Gasteiger partial charge in [0, 0.05) is 49.8 Å². The van der Waals surface area contributed by atoms with Crippen molar-refractivity contribution in [2.75, 3.05) is 32.7 Å². The number of fused-ring (bicyclic) bond motifs is 1. The SMILES string of the molecule is CCn1ccc2c(CN3CCC(O)(CN4CCCC4)CC3)cccc21. The molecule has 136 valence electrons. The van der Waals surface area contributed by atoms with E-state index in [0.717, 1.165) is 45.6 Å². The Labute approximate surface area is 151 Å². The quantitative estimate of drug-likeness (QED) is 0.907. The Bertz CT molecular complexity index is 709. The molecule has 4 nitrogen and oxygen atoms in total. The van der Waals surface area contributed by atoms with Crippen molar-refractivity contribution in [1.82, 2.24) is 14.4 Å². The molecule has 0 saturated carbocycles. The van der Waals surface area contributed by atoms with Crippen LogP contribution in [0.1, 0.15) is 38.2 Å². The Morgan fingerprint density at radius 3 is 2.48 bits per heavy atom. The number of hydrogen-bond donors (Lipinski definition) is 1. The third-order valence-corrected chi connectivity index (χ3v) is 6.14. The van der Waals surface area contributed by atoms with Gasteiger partial charge in [0.15, 0.2) is 0 Å². The second-order valence-corrected chi connectivity index (χ2v) is 7.94. The smallest absolute Gasteiger partial charge is 0.0798 e. The van der Waals surface area contributed by atoms with Crippen LogP contribution in [0.5, 0.6) is 0 Å². The van der Waals surface area contributed by atoms with Crippen molar-refractivity contribution >= 4 is 10.9 Å². The number of piperidine rings is 1. The first-order valence-corrected chi connectivity index (χ1v) is 9.91. The summed E-state index contributed by atoms with van der Waals surface area (Å²) >= 11 is 0. The molecule has 2 fully saturated rings. The van der Waals surface area contributed by atoms with Gasteiger partial charge in [-0.25, -0.2) is 0 Å². The summed E-state index contributed by atoms with van der Waals surface area (Å²) in [4.78, 5) is 4.96. The molecule has 0 unspecified atom stereocenters. The summed E-state index contributed by atoms with van der Waals surface area (Å²) in [6, 6.07) is 8.90. The highest BCUT2D eigenvalue weighted by molar-refractivity contribution is 5.83. The lowest BCUT2D eigenvalue weighted by atomic mass is 9.90. The zero-order chi connectivity index (χ0) is 17.3. The molecule has 4 heteroatoms. The zero-order valence-electron chi connectivity index (χ0n) is 15.5. The Balaban J connectivity index is 1.39. The predicted octanol–water partition coefficient (Wildman–Crippen LogP) is 3.08. The monoisotopic (exact) mass is 341 g/mol. The van der Waals surface area contributed by atoms with Crippen molar-refractivity contribution in [3.63, 3.8) is 0 Å². The molecule has 25 heavy (non-hydrogen) atoms. The van der Waals surface area contributed by atoms with E-state index in [9.17, 15) is 5.11 Å². The second-order valence-electron chi connectivity index (χ2n) is 7.94. The van der Waals surface area contributed by atoms with E-state index in [-0.39, 0.29) is 0 Å². The Kier molecular flexibility index (Phi) is 4.85. The van der Waals surface area contributed by atoms with Gasteiger partial charge in [-0.2, -0.15) is 0 Å². The van der Waals surface area contributed by atoms with Crippen LogP contribution in [0.3, 0.4) is 0 Å². The summed E-state index contributed by atoms with van der Waals surface area (Å²) in [6.07, 6.45) is 6.58. The van der Waals surface area contributed by atoms with Crippen molar-refractivity contribution in [2.45, 2.75) is 51.3 Å². The predicted molar refractivity (Wildman–Crippen MR) is 103 cm³/mol. The van der Waals surface area contributed by atoms with Gasteiger partial charge >= 0.3 is 0 Å². The third kappa shape index (κ3) is 3.62. The van der Waals surface area contributed by atoms with E-state index in [1.807, 2.05) is 0 Å². The number of aryl methyl sites for hydroxylation is 1.